The number of carbonyl (C=O) groups excluding carboxylic acids is 1. The van der Waals surface area contributed by atoms with E-state index < -0.39 is 22.5 Å². The summed E-state index contributed by atoms with van der Waals surface area (Å²) >= 11 is 0. The van der Waals surface area contributed by atoms with Gasteiger partial charge in [-0.25, -0.2) is 13.8 Å². The number of hydrazone groups is 1. The summed E-state index contributed by atoms with van der Waals surface area (Å²) in [7, 11) is -2.61. The molecule has 0 radical (unpaired) electrons. The molecule has 3 aromatic rings. The van der Waals surface area contributed by atoms with Gasteiger partial charge in [0, 0.05) is 0 Å². The molecule has 1 amide bonds. The maximum absolute atomic E-state index is 13.5. The van der Waals surface area contributed by atoms with Gasteiger partial charge in [0.25, 0.3) is 15.9 Å². The van der Waals surface area contributed by atoms with Crippen LogP contribution in [0.5, 0.6) is 11.5 Å². The number of sulfonamides is 1. The van der Waals surface area contributed by atoms with Crippen LogP contribution in [0.3, 0.4) is 0 Å². The van der Waals surface area contributed by atoms with Crippen LogP contribution < -0.4 is 19.2 Å². The molecule has 0 bridgehead atoms. The summed E-state index contributed by atoms with van der Waals surface area (Å²) in [4.78, 5) is 12.8. The summed E-state index contributed by atoms with van der Waals surface area (Å²) in [6.45, 7) is 2.41. The van der Waals surface area contributed by atoms with E-state index in [0.717, 1.165) is 22.0 Å². The maximum atomic E-state index is 13.5. The number of rotatable bonds is 16. The van der Waals surface area contributed by atoms with E-state index >= 15 is 0 Å². The summed E-state index contributed by atoms with van der Waals surface area (Å²) in [5, 5.41) is 4.01. The fraction of sp³-hybridized carbons (Fsp3) is 0.333. The normalized spacial score (nSPS) is 11.3. The Morgan fingerprint density at radius 1 is 0.897 bits per heavy atom. The summed E-state index contributed by atoms with van der Waals surface area (Å²) in [5.74, 6) is 0.506. The standard InChI is InChI=1S/C30H37N3O5S/c1-3-4-5-6-7-13-22-38-26-20-18-25(19-21-26)23-31-32-30(34)24-33(28-16-11-12-17-29(28)37-2)39(35,36)27-14-9-8-10-15-27/h8-12,14-21,23H,3-7,13,22,24H2,1-2H3,(H,32,34)/b31-23+. The Bertz CT molecular complexity index is 1300. The fourth-order valence-electron chi connectivity index (χ4n) is 3.92. The van der Waals surface area contributed by atoms with Gasteiger partial charge in [-0.3, -0.25) is 9.10 Å². The van der Waals surface area contributed by atoms with E-state index in [9.17, 15) is 13.2 Å². The van der Waals surface area contributed by atoms with Crippen molar-refractivity contribution in [2.24, 2.45) is 5.10 Å². The Kier molecular flexibility index (Phi) is 11.8. The first-order chi connectivity index (χ1) is 19.0. The molecule has 0 saturated carbocycles. The number of anilines is 1. The highest BCUT2D eigenvalue weighted by molar-refractivity contribution is 7.92. The van der Waals surface area contributed by atoms with Gasteiger partial charge in [-0.15, -0.1) is 0 Å². The molecule has 0 unspecified atom stereocenters. The van der Waals surface area contributed by atoms with Crippen LogP contribution in [0, 0.1) is 0 Å². The topological polar surface area (TPSA) is 97.3 Å². The van der Waals surface area contributed by atoms with E-state index in [0.29, 0.717) is 12.4 Å². The molecule has 208 valence electrons. The Labute approximate surface area is 231 Å². The lowest BCUT2D eigenvalue weighted by atomic mass is 10.1. The van der Waals surface area contributed by atoms with Gasteiger partial charge >= 0.3 is 0 Å². The lowest BCUT2D eigenvalue weighted by Crippen LogP contribution is -2.39. The molecule has 3 aromatic carbocycles. The third-order valence-corrected chi connectivity index (χ3v) is 7.80. The van der Waals surface area contributed by atoms with Gasteiger partial charge in [-0.1, -0.05) is 69.4 Å². The minimum absolute atomic E-state index is 0.0611. The average molecular weight is 552 g/mol. The third kappa shape index (κ3) is 9.14. The Morgan fingerprint density at radius 2 is 1.56 bits per heavy atom. The van der Waals surface area contributed by atoms with Crippen molar-refractivity contribution in [2.45, 2.75) is 50.3 Å². The van der Waals surface area contributed by atoms with E-state index in [2.05, 4.69) is 17.5 Å². The summed E-state index contributed by atoms with van der Waals surface area (Å²) in [5.41, 5.74) is 3.44. The Balaban J connectivity index is 1.60. The molecule has 0 spiro atoms. The largest absolute Gasteiger partial charge is 0.495 e. The molecule has 8 nitrogen and oxygen atoms in total. The number of hydrogen-bond donors (Lipinski definition) is 1. The van der Waals surface area contributed by atoms with Crippen molar-refractivity contribution in [3.63, 3.8) is 0 Å². The number of para-hydroxylation sites is 2. The van der Waals surface area contributed by atoms with Crippen molar-refractivity contribution in [1.82, 2.24) is 5.43 Å². The zero-order valence-electron chi connectivity index (χ0n) is 22.6. The highest BCUT2D eigenvalue weighted by Gasteiger charge is 2.29. The van der Waals surface area contributed by atoms with Gasteiger partial charge in [0.05, 0.1) is 30.5 Å². The molecule has 0 heterocycles. The van der Waals surface area contributed by atoms with Crippen LogP contribution in [0.25, 0.3) is 0 Å². The molecule has 1 N–H and O–H groups in total. The first kappa shape index (κ1) is 29.7. The van der Waals surface area contributed by atoms with Crippen molar-refractivity contribution in [3.05, 3.63) is 84.4 Å². The van der Waals surface area contributed by atoms with Crippen LogP contribution in [0.2, 0.25) is 0 Å². The monoisotopic (exact) mass is 551 g/mol. The second-order valence-corrected chi connectivity index (χ2v) is 10.8. The summed E-state index contributed by atoms with van der Waals surface area (Å²) < 4.78 is 39.1. The highest BCUT2D eigenvalue weighted by atomic mass is 32.2. The van der Waals surface area contributed by atoms with E-state index in [1.54, 1.807) is 42.5 Å². The van der Waals surface area contributed by atoms with Crippen LogP contribution in [-0.2, 0) is 14.8 Å². The van der Waals surface area contributed by atoms with E-state index in [1.807, 2.05) is 24.3 Å². The zero-order valence-corrected chi connectivity index (χ0v) is 23.4. The number of carbonyl (C=O) groups is 1. The third-order valence-electron chi connectivity index (χ3n) is 6.02. The summed E-state index contributed by atoms with van der Waals surface area (Å²) in [6.07, 6.45) is 8.75. The minimum atomic E-state index is -4.05. The molecule has 3 rings (SSSR count). The first-order valence-corrected chi connectivity index (χ1v) is 14.6. The zero-order chi connectivity index (χ0) is 27.9. The Hall–Kier alpha value is -3.85. The van der Waals surface area contributed by atoms with Gasteiger partial charge in [0.2, 0.25) is 0 Å². The smallest absolute Gasteiger partial charge is 0.264 e. The van der Waals surface area contributed by atoms with Crippen molar-refractivity contribution < 1.29 is 22.7 Å². The van der Waals surface area contributed by atoms with Gasteiger partial charge in [0.1, 0.15) is 18.0 Å². The number of hydrogen-bond acceptors (Lipinski definition) is 6. The van der Waals surface area contributed by atoms with E-state index in [-0.39, 0.29) is 10.6 Å². The van der Waals surface area contributed by atoms with Gasteiger partial charge in [0.15, 0.2) is 0 Å². The van der Waals surface area contributed by atoms with E-state index in [4.69, 9.17) is 9.47 Å². The van der Waals surface area contributed by atoms with Crippen molar-refractivity contribution >= 4 is 27.8 Å². The minimum Gasteiger partial charge on any atom is -0.495 e. The summed E-state index contributed by atoms with van der Waals surface area (Å²) in [6, 6.07) is 22.0. The molecule has 0 saturated heterocycles. The number of amides is 1. The highest BCUT2D eigenvalue weighted by Crippen LogP contribution is 2.32. The molecule has 0 fully saturated rings. The number of unbranched alkanes of at least 4 members (excludes halogenated alkanes) is 5. The van der Waals surface area contributed by atoms with E-state index in [1.165, 1.54) is 57.6 Å². The number of methoxy groups -OCH3 is 1. The van der Waals surface area contributed by atoms with Crippen molar-refractivity contribution in [2.75, 3.05) is 24.6 Å². The number of nitrogens with one attached hydrogen (secondary N) is 1. The van der Waals surface area contributed by atoms with Crippen LogP contribution in [0.15, 0.2) is 88.9 Å². The molecule has 0 aliphatic heterocycles. The average Bonchev–Trinajstić information content (AvgIpc) is 2.96. The quantitative estimate of drug-likeness (QED) is 0.138. The van der Waals surface area contributed by atoms with Crippen LogP contribution in [0.1, 0.15) is 51.0 Å². The molecule has 0 aliphatic rings. The molecular formula is C30H37N3O5S. The molecular weight excluding hydrogens is 514 g/mol. The van der Waals surface area contributed by atoms with Crippen molar-refractivity contribution in [1.29, 1.82) is 0 Å². The lowest BCUT2D eigenvalue weighted by Gasteiger charge is -2.25. The predicted molar refractivity (Wildman–Crippen MR) is 155 cm³/mol. The van der Waals surface area contributed by atoms with Crippen LogP contribution in [0.4, 0.5) is 5.69 Å². The molecule has 39 heavy (non-hydrogen) atoms. The number of nitrogens with zero attached hydrogens (tertiary/aromatic N) is 2. The maximum Gasteiger partial charge on any atom is 0.264 e. The van der Waals surface area contributed by atoms with Crippen LogP contribution >= 0.6 is 0 Å². The molecule has 9 heteroatoms. The second kappa shape index (κ2) is 15.5. The fourth-order valence-corrected chi connectivity index (χ4v) is 5.37. The predicted octanol–water partition coefficient (Wildman–Crippen LogP) is 5.78. The second-order valence-electron chi connectivity index (χ2n) is 8.98. The molecule has 0 atom stereocenters. The van der Waals surface area contributed by atoms with Crippen LogP contribution in [-0.4, -0.2) is 40.8 Å². The molecule has 0 aliphatic carbocycles. The Morgan fingerprint density at radius 3 is 2.28 bits per heavy atom. The molecule has 0 aromatic heterocycles. The number of benzene rings is 3. The van der Waals surface area contributed by atoms with Gasteiger partial charge in [-0.2, -0.15) is 5.10 Å². The van der Waals surface area contributed by atoms with Crippen molar-refractivity contribution in [3.8, 4) is 11.5 Å². The van der Waals surface area contributed by atoms with Gasteiger partial charge in [-0.05, 0) is 60.5 Å². The van der Waals surface area contributed by atoms with Gasteiger partial charge < -0.3 is 9.47 Å². The SMILES string of the molecule is CCCCCCCCOc1ccc(/C=N/NC(=O)CN(c2ccccc2OC)S(=O)(=O)c2ccccc2)cc1. The first-order valence-electron chi connectivity index (χ1n) is 13.2. The lowest BCUT2D eigenvalue weighted by molar-refractivity contribution is -0.119. The number of ether oxygens (including phenoxy) is 2.